The van der Waals surface area contributed by atoms with Gasteiger partial charge < -0.3 is 19.3 Å². The monoisotopic (exact) mass is 551 g/mol. The van der Waals surface area contributed by atoms with E-state index < -0.39 is 17.7 Å². The molecule has 1 unspecified atom stereocenters. The highest BCUT2D eigenvalue weighted by molar-refractivity contribution is 9.10. The summed E-state index contributed by atoms with van der Waals surface area (Å²) in [6.07, 6.45) is 0. The molecule has 1 N–H and O–H groups in total. The van der Waals surface area contributed by atoms with Gasteiger partial charge in [0.15, 0.2) is 11.5 Å². The molecule has 7 nitrogen and oxygen atoms in total. The maximum absolute atomic E-state index is 13.4. The van der Waals surface area contributed by atoms with Crippen LogP contribution in [0, 0.1) is 0 Å². The largest absolute Gasteiger partial charge is 0.507 e. The molecule has 36 heavy (non-hydrogen) atoms. The fourth-order valence-electron chi connectivity index (χ4n) is 4.21. The number of nitrogens with zero attached hydrogens (tertiary/aromatic N) is 1. The Morgan fingerprint density at radius 3 is 2.22 bits per heavy atom. The topological polar surface area (TPSA) is 85.3 Å². The van der Waals surface area contributed by atoms with Gasteiger partial charge in [0, 0.05) is 17.3 Å². The minimum Gasteiger partial charge on any atom is -0.507 e. The normalized spacial score (nSPS) is 16.8. The number of anilines is 1. The highest BCUT2D eigenvalue weighted by atomic mass is 79.9. The number of ketones is 1. The second-order valence-electron chi connectivity index (χ2n) is 7.93. The van der Waals surface area contributed by atoms with Crippen molar-refractivity contribution in [2.75, 3.05) is 25.2 Å². The minimum absolute atomic E-state index is 0.00453. The summed E-state index contributed by atoms with van der Waals surface area (Å²) in [5.74, 6) is -0.220. The van der Waals surface area contributed by atoms with Crippen molar-refractivity contribution in [2.24, 2.45) is 0 Å². The zero-order valence-electron chi connectivity index (χ0n) is 20.2. The van der Waals surface area contributed by atoms with E-state index >= 15 is 0 Å². The quantitative estimate of drug-likeness (QED) is 0.214. The molecule has 1 aliphatic rings. The number of aliphatic hydroxyl groups is 1. The fraction of sp³-hybridized carbons (Fsp3) is 0.214. The predicted molar refractivity (Wildman–Crippen MR) is 141 cm³/mol. The van der Waals surface area contributed by atoms with Crippen LogP contribution in [0.2, 0.25) is 0 Å². The number of carbonyl (C=O) groups is 2. The molecule has 186 valence electrons. The lowest BCUT2D eigenvalue weighted by molar-refractivity contribution is -0.132. The van der Waals surface area contributed by atoms with Gasteiger partial charge in [-0.25, -0.2) is 0 Å². The first-order valence-corrected chi connectivity index (χ1v) is 12.3. The lowest BCUT2D eigenvalue weighted by Gasteiger charge is -2.26. The van der Waals surface area contributed by atoms with E-state index in [-0.39, 0.29) is 11.3 Å². The van der Waals surface area contributed by atoms with E-state index in [0.29, 0.717) is 51.7 Å². The number of aliphatic hydroxyl groups excluding tert-OH is 1. The molecular formula is C28H26BrNO6. The van der Waals surface area contributed by atoms with Crippen molar-refractivity contribution in [3.8, 4) is 17.2 Å². The van der Waals surface area contributed by atoms with E-state index in [1.807, 2.05) is 44.2 Å². The number of ether oxygens (including phenoxy) is 3. The number of Topliss-reactive ketones (excluding diaryl/α,β-unsaturated/α-hetero) is 1. The summed E-state index contributed by atoms with van der Waals surface area (Å²) in [4.78, 5) is 28.2. The first kappa shape index (κ1) is 25.3. The van der Waals surface area contributed by atoms with Gasteiger partial charge in [-0.2, -0.15) is 0 Å². The molecule has 1 amide bonds. The lowest BCUT2D eigenvalue weighted by atomic mass is 9.95. The van der Waals surface area contributed by atoms with Gasteiger partial charge in [0.1, 0.15) is 11.5 Å². The van der Waals surface area contributed by atoms with Gasteiger partial charge in [0.05, 0.1) is 36.4 Å². The van der Waals surface area contributed by atoms with Gasteiger partial charge in [-0.15, -0.1) is 0 Å². The SMILES string of the molecule is CCOc1ccc(N2C(=O)C(=O)/C(=C(/O)c3ccc(OC)c(Br)c3)C2c2ccccc2)cc1OCC. The van der Waals surface area contributed by atoms with Crippen LogP contribution >= 0.6 is 15.9 Å². The van der Waals surface area contributed by atoms with Crippen LogP contribution in [0.3, 0.4) is 0 Å². The Morgan fingerprint density at radius 2 is 1.58 bits per heavy atom. The summed E-state index contributed by atoms with van der Waals surface area (Å²) < 4.78 is 17.3. The summed E-state index contributed by atoms with van der Waals surface area (Å²) in [5, 5.41) is 11.3. The number of rotatable bonds is 8. The zero-order chi connectivity index (χ0) is 25.8. The molecule has 0 radical (unpaired) electrons. The van der Waals surface area contributed by atoms with Gasteiger partial charge in [0.25, 0.3) is 11.7 Å². The van der Waals surface area contributed by atoms with Gasteiger partial charge in [-0.05, 0) is 65.7 Å². The van der Waals surface area contributed by atoms with E-state index in [4.69, 9.17) is 14.2 Å². The van der Waals surface area contributed by atoms with Gasteiger partial charge >= 0.3 is 0 Å². The van der Waals surface area contributed by atoms with Gasteiger partial charge in [-0.1, -0.05) is 30.3 Å². The molecule has 0 bridgehead atoms. The third kappa shape index (κ3) is 4.68. The van der Waals surface area contributed by atoms with Crippen LogP contribution in [0.5, 0.6) is 17.2 Å². The van der Waals surface area contributed by atoms with E-state index in [2.05, 4.69) is 15.9 Å². The Hall–Kier alpha value is -3.78. The maximum atomic E-state index is 13.4. The summed E-state index contributed by atoms with van der Waals surface area (Å²) in [6.45, 7) is 4.57. The molecule has 0 spiro atoms. The molecular weight excluding hydrogens is 526 g/mol. The molecule has 1 fully saturated rings. The third-order valence-corrected chi connectivity index (χ3v) is 6.41. The van der Waals surface area contributed by atoms with Crippen molar-refractivity contribution in [3.05, 3.63) is 87.9 Å². The second kappa shape index (κ2) is 10.9. The fourth-order valence-corrected chi connectivity index (χ4v) is 4.75. The highest BCUT2D eigenvalue weighted by Gasteiger charge is 2.47. The number of amides is 1. The Morgan fingerprint density at radius 1 is 0.917 bits per heavy atom. The molecule has 1 aliphatic heterocycles. The Balaban J connectivity index is 1.90. The van der Waals surface area contributed by atoms with Crippen molar-refractivity contribution in [2.45, 2.75) is 19.9 Å². The average Bonchev–Trinajstić information content (AvgIpc) is 3.15. The summed E-state index contributed by atoms with van der Waals surface area (Å²) >= 11 is 3.42. The molecule has 1 heterocycles. The summed E-state index contributed by atoms with van der Waals surface area (Å²) in [6, 6.07) is 18.3. The summed E-state index contributed by atoms with van der Waals surface area (Å²) in [5.41, 5.74) is 1.50. The standard InChI is InChI=1S/C28H26BrNO6/c1-4-35-22-14-12-19(16-23(22)36-5-2)30-25(17-9-7-6-8-10-17)24(27(32)28(30)33)26(31)18-11-13-21(34-3)20(29)15-18/h6-16,25,31H,4-5H2,1-3H3/b26-24+. The van der Waals surface area contributed by atoms with Gasteiger partial charge in [-0.3, -0.25) is 14.5 Å². The van der Waals surface area contributed by atoms with Crippen LogP contribution in [0.25, 0.3) is 5.76 Å². The Bertz CT molecular complexity index is 1320. The van der Waals surface area contributed by atoms with Crippen molar-refractivity contribution < 1.29 is 28.9 Å². The molecule has 3 aromatic rings. The van der Waals surface area contributed by atoms with Crippen LogP contribution < -0.4 is 19.1 Å². The van der Waals surface area contributed by atoms with E-state index in [1.54, 1.807) is 36.4 Å². The number of hydrogen-bond acceptors (Lipinski definition) is 6. The van der Waals surface area contributed by atoms with Crippen LogP contribution in [-0.2, 0) is 9.59 Å². The molecule has 4 rings (SSSR count). The van der Waals surface area contributed by atoms with E-state index in [0.717, 1.165) is 0 Å². The number of hydrogen-bond donors (Lipinski definition) is 1. The predicted octanol–water partition coefficient (Wildman–Crippen LogP) is 5.88. The van der Waals surface area contributed by atoms with Crippen LogP contribution in [-0.4, -0.2) is 37.1 Å². The number of benzene rings is 3. The third-order valence-electron chi connectivity index (χ3n) is 5.79. The lowest BCUT2D eigenvalue weighted by Crippen LogP contribution is -2.29. The molecule has 1 saturated heterocycles. The maximum Gasteiger partial charge on any atom is 0.300 e. The van der Waals surface area contributed by atoms with Crippen molar-refractivity contribution in [1.29, 1.82) is 0 Å². The molecule has 3 aromatic carbocycles. The van der Waals surface area contributed by atoms with Crippen LogP contribution in [0.1, 0.15) is 31.0 Å². The second-order valence-corrected chi connectivity index (χ2v) is 8.78. The first-order valence-electron chi connectivity index (χ1n) is 11.5. The smallest absolute Gasteiger partial charge is 0.300 e. The zero-order valence-corrected chi connectivity index (χ0v) is 21.7. The average molecular weight is 552 g/mol. The molecule has 0 saturated carbocycles. The van der Waals surface area contributed by atoms with Crippen LogP contribution in [0.4, 0.5) is 5.69 Å². The number of halogens is 1. The van der Waals surface area contributed by atoms with E-state index in [9.17, 15) is 14.7 Å². The number of methoxy groups -OCH3 is 1. The molecule has 1 atom stereocenters. The minimum atomic E-state index is -0.848. The summed E-state index contributed by atoms with van der Waals surface area (Å²) in [7, 11) is 1.54. The molecule has 8 heteroatoms. The van der Waals surface area contributed by atoms with E-state index in [1.165, 1.54) is 12.0 Å². The van der Waals surface area contributed by atoms with Crippen molar-refractivity contribution in [1.82, 2.24) is 0 Å². The number of carbonyl (C=O) groups excluding carboxylic acids is 2. The molecule has 0 aliphatic carbocycles. The van der Waals surface area contributed by atoms with Crippen molar-refractivity contribution >= 4 is 39.1 Å². The van der Waals surface area contributed by atoms with Crippen LogP contribution in [0.15, 0.2) is 76.8 Å². The van der Waals surface area contributed by atoms with Gasteiger partial charge in [0.2, 0.25) is 0 Å². The highest BCUT2D eigenvalue weighted by Crippen LogP contribution is 2.44. The first-order chi connectivity index (χ1) is 17.4. The van der Waals surface area contributed by atoms with Crippen molar-refractivity contribution in [3.63, 3.8) is 0 Å². The Kier molecular flexibility index (Phi) is 7.64. The molecule has 0 aromatic heterocycles. The Labute approximate surface area is 218 Å².